The molecular formula is C5H9AgNO4. The molecule has 1 radical (unpaired) electrons. The molecule has 1 unspecified atom stereocenters. The van der Waals surface area contributed by atoms with Gasteiger partial charge in [-0.3, -0.25) is 9.59 Å². The first kappa shape index (κ1) is 13.2. The van der Waals surface area contributed by atoms with Crippen LogP contribution < -0.4 is 5.73 Å². The van der Waals surface area contributed by atoms with Crippen molar-refractivity contribution < 1.29 is 42.2 Å². The van der Waals surface area contributed by atoms with Crippen LogP contribution in [0.2, 0.25) is 0 Å². The van der Waals surface area contributed by atoms with Gasteiger partial charge in [0, 0.05) is 28.8 Å². The summed E-state index contributed by atoms with van der Waals surface area (Å²) in [6.07, 6.45) is -0.224. The van der Waals surface area contributed by atoms with E-state index in [1.165, 1.54) is 0 Å². The first-order chi connectivity index (χ1) is 4.54. The summed E-state index contributed by atoms with van der Waals surface area (Å²) in [6.45, 7) is 0. The largest absolute Gasteiger partial charge is 0.481 e. The maximum Gasteiger partial charge on any atom is 0.320 e. The predicted octanol–water partition coefficient (Wildman–Crippen LogP) is -0.739. The molecule has 0 aliphatic rings. The molecule has 0 spiro atoms. The van der Waals surface area contributed by atoms with Gasteiger partial charge in [0.2, 0.25) is 0 Å². The minimum absolute atomic E-state index is 0. The number of rotatable bonds is 4. The second kappa shape index (κ2) is 6.36. The van der Waals surface area contributed by atoms with E-state index < -0.39 is 18.0 Å². The van der Waals surface area contributed by atoms with Crippen LogP contribution >= 0.6 is 0 Å². The summed E-state index contributed by atoms with van der Waals surface area (Å²) in [5.74, 6) is -2.20. The molecule has 0 heterocycles. The van der Waals surface area contributed by atoms with Crippen LogP contribution in [0.5, 0.6) is 0 Å². The Morgan fingerprint density at radius 1 is 1.36 bits per heavy atom. The standard InChI is InChI=1S/C5H9NO4.Ag/c6-3(5(9)10)1-2-4(7)8;/h3H,1-2,6H2,(H,7,8)(H,9,10);. The summed E-state index contributed by atoms with van der Waals surface area (Å²) in [4.78, 5) is 19.9. The molecule has 11 heavy (non-hydrogen) atoms. The van der Waals surface area contributed by atoms with Crippen molar-refractivity contribution in [1.82, 2.24) is 0 Å². The van der Waals surface area contributed by atoms with Crippen LogP contribution in [0.3, 0.4) is 0 Å². The first-order valence-electron chi connectivity index (χ1n) is 2.74. The molecule has 4 N–H and O–H groups in total. The van der Waals surface area contributed by atoms with E-state index >= 15 is 0 Å². The molecule has 0 rings (SSSR count). The summed E-state index contributed by atoms with van der Waals surface area (Å²) < 4.78 is 0. The molecule has 0 aromatic carbocycles. The quantitative estimate of drug-likeness (QED) is 0.574. The van der Waals surface area contributed by atoms with Gasteiger partial charge >= 0.3 is 11.9 Å². The van der Waals surface area contributed by atoms with Gasteiger partial charge in [0.05, 0.1) is 0 Å². The van der Waals surface area contributed by atoms with E-state index in [-0.39, 0.29) is 35.2 Å². The van der Waals surface area contributed by atoms with E-state index in [0.717, 1.165) is 0 Å². The van der Waals surface area contributed by atoms with E-state index in [1.54, 1.807) is 0 Å². The Bertz CT molecular complexity index is 149. The van der Waals surface area contributed by atoms with Crippen molar-refractivity contribution in [3.05, 3.63) is 0 Å². The molecule has 6 heteroatoms. The van der Waals surface area contributed by atoms with Crippen LogP contribution in [-0.4, -0.2) is 28.2 Å². The van der Waals surface area contributed by atoms with Crippen molar-refractivity contribution in [2.24, 2.45) is 5.73 Å². The van der Waals surface area contributed by atoms with Crippen LogP contribution in [0.15, 0.2) is 0 Å². The van der Waals surface area contributed by atoms with Crippen molar-refractivity contribution >= 4 is 11.9 Å². The average molecular weight is 255 g/mol. The minimum atomic E-state index is -1.17. The Kier molecular flexibility index (Phi) is 7.65. The predicted molar refractivity (Wildman–Crippen MR) is 32.5 cm³/mol. The summed E-state index contributed by atoms with van der Waals surface area (Å²) in [5, 5.41) is 16.3. The maximum absolute atomic E-state index is 9.99. The molecule has 0 aromatic rings. The molecule has 0 bridgehead atoms. The van der Waals surface area contributed by atoms with Gasteiger partial charge in [-0.2, -0.15) is 0 Å². The van der Waals surface area contributed by atoms with E-state index in [2.05, 4.69) is 0 Å². The van der Waals surface area contributed by atoms with E-state index in [1.807, 2.05) is 0 Å². The molecule has 0 saturated heterocycles. The van der Waals surface area contributed by atoms with Gasteiger partial charge < -0.3 is 15.9 Å². The Hall–Kier alpha value is -0.360. The number of hydrogen-bond donors (Lipinski definition) is 3. The zero-order chi connectivity index (χ0) is 8.15. The monoisotopic (exact) mass is 254 g/mol. The molecule has 0 amide bonds. The third-order valence-corrected chi connectivity index (χ3v) is 0.986. The summed E-state index contributed by atoms with van der Waals surface area (Å²) in [7, 11) is 0. The zero-order valence-corrected chi connectivity index (χ0v) is 7.06. The number of aliphatic carboxylic acids is 2. The Labute approximate surface area is 79.1 Å². The molecule has 0 aliphatic carbocycles. The molecule has 69 valence electrons. The summed E-state index contributed by atoms with van der Waals surface area (Å²) in [5.41, 5.74) is 5.00. The molecule has 0 aromatic heterocycles. The van der Waals surface area contributed by atoms with Gasteiger partial charge in [0.25, 0.3) is 0 Å². The van der Waals surface area contributed by atoms with E-state index in [9.17, 15) is 9.59 Å². The number of nitrogens with two attached hydrogens (primary N) is 1. The van der Waals surface area contributed by atoms with Crippen LogP contribution in [0.25, 0.3) is 0 Å². The fraction of sp³-hybridized carbons (Fsp3) is 0.600. The minimum Gasteiger partial charge on any atom is -0.481 e. The SMILES string of the molecule is NC(CCC(=O)O)C(=O)O.[Ag]. The Balaban J connectivity index is 0. The third kappa shape index (κ3) is 7.54. The van der Waals surface area contributed by atoms with Gasteiger partial charge in [-0.1, -0.05) is 0 Å². The van der Waals surface area contributed by atoms with Gasteiger partial charge in [0.1, 0.15) is 6.04 Å². The Morgan fingerprint density at radius 3 is 2.09 bits per heavy atom. The Morgan fingerprint density at radius 2 is 1.82 bits per heavy atom. The number of carboxylic acid groups (broad SMARTS) is 2. The van der Waals surface area contributed by atoms with Gasteiger partial charge in [-0.05, 0) is 6.42 Å². The van der Waals surface area contributed by atoms with Crippen LogP contribution in [0.1, 0.15) is 12.8 Å². The molecule has 1 atom stereocenters. The normalized spacial score (nSPS) is 11.4. The maximum atomic E-state index is 9.99. The summed E-state index contributed by atoms with van der Waals surface area (Å²) in [6, 6.07) is -1.06. The van der Waals surface area contributed by atoms with Crippen LogP contribution in [-0.2, 0) is 32.0 Å². The van der Waals surface area contributed by atoms with Gasteiger partial charge in [0.15, 0.2) is 0 Å². The van der Waals surface area contributed by atoms with Crippen LogP contribution in [0.4, 0.5) is 0 Å². The molecule has 0 saturated carbocycles. The topological polar surface area (TPSA) is 101 Å². The van der Waals surface area contributed by atoms with E-state index in [4.69, 9.17) is 15.9 Å². The average Bonchev–Trinajstić information content (AvgIpc) is 1.82. The smallest absolute Gasteiger partial charge is 0.320 e. The van der Waals surface area contributed by atoms with Crippen molar-refractivity contribution in [3.63, 3.8) is 0 Å². The van der Waals surface area contributed by atoms with Crippen molar-refractivity contribution in [2.45, 2.75) is 18.9 Å². The second-order valence-corrected chi connectivity index (χ2v) is 1.88. The van der Waals surface area contributed by atoms with Gasteiger partial charge in [-0.25, -0.2) is 0 Å². The van der Waals surface area contributed by atoms with Crippen molar-refractivity contribution in [1.29, 1.82) is 0 Å². The number of carboxylic acids is 2. The second-order valence-electron chi connectivity index (χ2n) is 1.88. The molecule has 0 fully saturated rings. The fourth-order valence-electron chi connectivity index (χ4n) is 0.402. The first-order valence-corrected chi connectivity index (χ1v) is 2.74. The van der Waals surface area contributed by atoms with Gasteiger partial charge in [-0.15, -0.1) is 0 Å². The van der Waals surface area contributed by atoms with Crippen molar-refractivity contribution in [2.75, 3.05) is 0 Å². The fourth-order valence-corrected chi connectivity index (χ4v) is 0.402. The zero-order valence-electron chi connectivity index (χ0n) is 5.58. The number of carbonyl (C=O) groups is 2. The summed E-state index contributed by atoms with van der Waals surface area (Å²) >= 11 is 0. The van der Waals surface area contributed by atoms with E-state index in [0.29, 0.717) is 0 Å². The third-order valence-electron chi connectivity index (χ3n) is 0.986. The molecular weight excluding hydrogens is 246 g/mol. The number of hydrogen-bond acceptors (Lipinski definition) is 3. The van der Waals surface area contributed by atoms with Crippen molar-refractivity contribution in [3.8, 4) is 0 Å². The molecule has 0 aliphatic heterocycles. The molecule has 5 nitrogen and oxygen atoms in total. The van der Waals surface area contributed by atoms with Crippen LogP contribution in [0, 0.1) is 0 Å².